The Kier molecular flexibility index (Phi) is 1.85. The summed E-state index contributed by atoms with van der Waals surface area (Å²) in [6, 6.07) is 4.25. The Balaban J connectivity index is 3.03. The quantitative estimate of drug-likeness (QED) is 0.541. The minimum Gasteiger partial charge on any atom is -0.374 e. The Hall–Kier alpha value is -1.12. The van der Waals surface area contributed by atoms with E-state index in [-0.39, 0.29) is 0 Å². The molecular weight excluding hydrogens is 131 g/mol. The van der Waals surface area contributed by atoms with Crippen molar-refractivity contribution in [2.75, 3.05) is 19.0 Å². The zero-order valence-electron chi connectivity index (χ0n) is 5.93. The molecule has 0 aliphatic heterocycles. The van der Waals surface area contributed by atoms with Gasteiger partial charge in [-0.2, -0.15) is 4.39 Å². The van der Waals surface area contributed by atoms with Crippen molar-refractivity contribution in [2.24, 2.45) is 0 Å². The van der Waals surface area contributed by atoms with Gasteiger partial charge in [-0.3, -0.25) is 0 Å². The second-order valence-corrected chi connectivity index (χ2v) is 2.14. The third-order valence-corrected chi connectivity index (χ3v) is 1.17. The van der Waals surface area contributed by atoms with Gasteiger partial charge < -0.3 is 4.90 Å². The molecular formula is C7H8FN2. The minimum absolute atomic E-state index is 0.455. The molecule has 0 aliphatic rings. The van der Waals surface area contributed by atoms with Crippen LogP contribution in [0.1, 0.15) is 0 Å². The number of hydrogen-bond acceptors (Lipinski definition) is 2. The van der Waals surface area contributed by atoms with Crippen molar-refractivity contribution in [1.29, 1.82) is 0 Å². The van der Waals surface area contributed by atoms with E-state index in [1.54, 1.807) is 25.1 Å². The van der Waals surface area contributed by atoms with Crippen LogP contribution in [0.4, 0.5) is 10.1 Å². The molecule has 2 nitrogen and oxygen atoms in total. The van der Waals surface area contributed by atoms with Gasteiger partial charge in [-0.1, -0.05) is 0 Å². The molecule has 0 N–H and O–H groups in total. The highest BCUT2D eigenvalue weighted by Crippen LogP contribution is 2.11. The lowest BCUT2D eigenvalue weighted by Gasteiger charge is -2.10. The van der Waals surface area contributed by atoms with Crippen LogP contribution < -0.4 is 4.90 Å². The van der Waals surface area contributed by atoms with E-state index in [0.29, 0.717) is 5.69 Å². The maximum absolute atomic E-state index is 12.7. The zero-order valence-corrected chi connectivity index (χ0v) is 5.93. The molecule has 0 saturated heterocycles. The molecule has 0 bridgehead atoms. The molecule has 1 radical (unpaired) electrons. The lowest BCUT2D eigenvalue weighted by Crippen LogP contribution is -2.11. The van der Waals surface area contributed by atoms with Gasteiger partial charge in [0.05, 0.1) is 5.69 Å². The van der Waals surface area contributed by atoms with E-state index < -0.39 is 5.95 Å². The average Bonchev–Trinajstić information content (AvgIpc) is 1.88. The van der Waals surface area contributed by atoms with Crippen LogP contribution in [0.3, 0.4) is 0 Å². The largest absolute Gasteiger partial charge is 0.374 e. The van der Waals surface area contributed by atoms with Gasteiger partial charge in [-0.05, 0) is 6.07 Å². The fourth-order valence-electron chi connectivity index (χ4n) is 0.649. The lowest BCUT2D eigenvalue weighted by atomic mass is 10.4. The number of anilines is 1. The fraction of sp³-hybridized carbons (Fsp3) is 0.286. The Morgan fingerprint density at radius 1 is 1.60 bits per heavy atom. The predicted molar refractivity (Wildman–Crippen MR) is 37.4 cm³/mol. The van der Waals surface area contributed by atoms with Gasteiger partial charge in [0.15, 0.2) is 0 Å². The first kappa shape index (κ1) is 6.99. The molecule has 0 amide bonds. The molecule has 0 aliphatic carbocycles. The van der Waals surface area contributed by atoms with Crippen molar-refractivity contribution in [1.82, 2.24) is 4.98 Å². The Morgan fingerprint density at radius 2 is 2.30 bits per heavy atom. The third-order valence-electron chi connectivity index (χ3n) is 1.17. The second-order valence-electron chi connectivity index (χ2n) is 2.14. The highest BCUT2D eigenvalue weighted by molar-refractivity contribution is 5.42. The normalized spacial score (nSPS) is 9.50. The molecule has 10 heavy (non-hydrogen) atoms. The monoisotopic (exact) mass is 139 g/mol. The predicted octanol–water partition coefficient (Wildman–Crippen LogP) is 1.09. The van der Waals surface area contributed by atoms with Crippen LogP contribution in [0, 0.1) is 12.0 Å². The van der Waals surface area contributed by atoms with Crippen molar-refractivity contribution in [3.05, 3.63) is 24.3 Å². The summed E-state index contributed by atoms with van der Waals surface area (Å²) in [5, 5.41) is 0. The van der Waals surface area contributed by atoms with Crippen molar-refractivity contribution < 1.29 is 4.39 Å². The van der Waals surface area contributed by atoms with E-state index in [9.17, 15) is 4.39 Å². The molecule has 1 rings (SSSR count). The molecule has 0 saturated carbocycles. The van der Waals surface area contributed by atoms with Crippen LogP contribution in [0.25, 0.3) is 0 Å². The summed E-state index contributed by atoms with van der Waals surface area (Å²) in [5.41, 5.74) is 0.461. The van der Waals surface area contributed by atoms with Gasteiger partial charge in [0.1, 0.15) is 0 Å². The summed E-state index contributed by atoms with van der Waals surface area (Å²) < 4.78 is 12.7. The summed E-state index contributed by atoms with van der Waals surface area (Å²) in [6.07, 6.45) is 1.31. The average molecular weight is 139 g/mol. The Morgan fingerprint density at radius 3 is 2.70 bits per heavy atom. The molecule has 0 aromatic carbocycles. The van der Waals surface area contributed by atoms with Crippen LogP contribution in [0.5, 0.6) is 0 Å². The minimum atomic E-state index is -0.455. The first-order valence-corrected chi connectivity index (χ1v) is 2.90. The summed E-state index contributed by atoms with van der Waals surface area (Å²) in [7, 11) is 3.52. The van der Waals surface area contributed by atoms with Crippen molar-refractivity contribution in [3.63, 3.8) is 0 Å². The van der Waals surface area contributed by atoms with E-state index in [1.807, 2.05) is 0 Å². The van der Waals surface area contributed by atoms with E-state index in [0.717, 1.165) is 0 Å². The second kappa shape index (κ2) is 2.64. The number of hydrogen-bond donors (Lipinski definition) is 0. The number of nitrogens with zero attached hydrogens (tertiary/aromatic N) is 2. The van der Waals surface area contributed by atoms with Gasteiger partial charge in [0.2, 0.25) is 5.95 Å². The number of aromatic nitrogens is 1. The molecule has 1 heterocycles. The maximum Gasteiger partial charge on any atom is 0.236 e. The third kappa shape index (κ3) is 1.23. The molecule has 1 aromatic heterocycles. The van der Waals surface area contributed by atoms with Crippen molar-refractivity contribution >= 4 is 5.69 Å². The maximum atomic E-state index is 12.7. The van der Waals surface area contributed by atoms with Crippen molar-refractivity contribution in [3.8, 4) is 0 Å². The summed E-state index contributed by atoms with van der Waals surface area (Å²) in [4.78, 5) is 5.09. The van der Waals surface area contributed by atoms with Crippen LogP contribution in [-0.2, 0) is 0 Å². The first-order valence-electron chi connectivity index (χ1n) is 2.90. The molecule has 3 heteroatoms. The smallest absolute Gasteiger partial charge is 0.236 e. The summed E-state index contributed by atoms with van der Waals surface area (Å²) in [5.74, 6) is -0.455. The SMILES string of the molecule is CN(C)c1c[c]cnc1F. The summed E-state index contributed by atoms with van der Waals surface area (Å²) in [6.45, 7) is 0. The van der Waals surface area contributed by atoms with Crippen molar-refractivity contribution in [2.45, 2.75) is 0 Å². The molecule has 0 unspecified atom stereocenters. The highest BCUT2D eigenvalue weighted by Gasteiger charge is 2.01. The summed E-state index contributed by atoms with van der Waals surface area (Å²) >= 11 is 0. The standard InChI is InChI=1S/C7H8FN2/c1-10(2)6-4-3-5-9-7(6)8/h4-5H,1-2H3. The molecule has 53 valence electrons. The van der Waals surface area contributed by atoms with Crippen LogP contribution in [0.15, 0.2) is 12.3 Å². The van der Waals surface area contributed by atoms with Gasteiger partial charge in [-0.25, -0.2) is 4.98 Å². The van der Waals surface area contributed by atoms with Crippen LogP contribution in [-0.4, -0.2) is 19.1 Å². The van der Waals surface area contributed by atoms with Gasteiger partial charge in [-0.15, -0.1) is 0 Å². The number of pyridine rings is 1. The number of halogens is 1. The Labute approximate surface area is 59.3 Å². The van der Waals surface area contributed by atoms with E-state index in [4.69, 9.17) is 0 Å². The topological polar surface area (TPSA) is 16.1 Å². The molecule has 0 fully saturated rings. The fourth-order valence-corrected chi connectivity index (χ4v) is 0.649. The van der Waals surface area contributed by atoms with E-state index in [2.05, 4.69) is 11.1 Å². The van der Waals surface area contributed by atoms with Gasteiger partial charge >= 0.3 is 0 Å². The molecule has 0 spiro atoms. The van der Waals surface area contributed by atoms with Crippen LogP contribution in [0.2, 0.25) is 0 Å². The molecule has 1 aromatic rings. The highest BCUT2D eigenvalue weighted by atomic mass is 19.1. The first-order chi connectivity index (χ1) is 4.72. The van der Waals surface area contributed by atoms with Crippen LogP contribution >= 0.6 is 0 Å². The Bertz CT molecular complexity index is 223. The van der Waals surface area contributed by atoms with E-state index >= 15 is 0 Å². The van der Waals surface area contributed by atoms with Gasteiger partial charge in [0, 0.05) is 26.4 Å². The lowest BCUT2D eigenvalue weighted by molar-refractivity contribution is 0.582. The number of rotatable bonds is 1. The van der Waals surface area contributed by atoms with Gasteiger partial charge in [0.25, 0.3) is 0 Å². The zero-order chi connectivity index (χ0) is 7.56. The molecule has 0 atom stereocenters. The van der Waals surface area contributed by atoms with E-state index in [1.165, 1.54) is 6.20 Å².